The highest BCUT2D eigenvalue weighted by atomic mass is 35.5. The molecule has 0 N–H and O–H groups in total. The molecule has 0 spiro atoms. The lowest BCUT2D eigenvalue weighted by Crippen LogP contribution is -2.42. The van der Waals surface area contributed by atoms with Crippen molar-refractivity contribution in [3.05, 3.63) is 29.3 Å². The van der Waals surface area contributed by atoms with E-state index in [4.69, 9.17) is 21.1 Å². The van der Waals surface area contributed by atoms with Gasteiger partial charge in [-0.05, 0) is 45.0 Å². The molecule has 0 saturated carbocycles. The summed E-state index contributed by atoms with van der Waals surface area (Å²) >= 11 is 5.80. The smallest absolute Gasteiger partial charge is 0.410 e. The van der Waals surface area contributed by atoms with Gasteiger partial charge in [-0.25, -0.2) is 4.79 Å². The van der Waals surface area contributed by atoms with E-state index in [1.165, 1.54) is 0 Å². The van der Waals surface area contributed by atoms with Crippen molar-refractivity contribution in [3.8, 4) is 5.75 Å². The number of hydrogen-bond donors (Lipinski definition) is 0. The zero-order chi connectivity index (χ0) is 14.0. The monoisotopic (exact) mass is 283 g/mol. The van der Waals surface area contributed by atoms with Crippen molar-refractivity contribution in [2.75, 3.05) is 13.2 Å². The van der Waals surface area contributed by atoms with Crippen molar-refractivity contribution >= 4 is 17.7 Å². The van der Waals surface area contributed by atoms with E-state index in [2.05, 4.69) is 0 Å². The van der Waals surface area contributed by atoms with Crippen LogP contribution in [0.25, 0.3) is 0 Å². The Balaban J connectivity index is 1.88. The number of amides is 1. The van der Waals surface area contributed by atoms with Gasteiger partial charge in [0.05, 0.1) is 6.54 Å². The van der Waals surface area contributed by atoms with Gasteiger partial charge in [-0.2, -0.15) is 0 Å². The van der Waals surface area contributed by atoms with Crippen molar-refractivity contribution < 1.29 is 14.3 Å². The summed E-state index contributed by atoms with van der Waals surface area (Å²) in [5, 5.41) is 0.665. The SMILES string of the molecule is CC(C)(C)N1CC(COc2ccc(Cl)cc2)OC1=O. The van der Waals surface area contributed by atoms with E-state index in [9.17, 15) is 4.79 Å². The highest BCUT2D eigenvalue weighted by Crippen LogP contribution is 2.23. The van der Waals surface area contributed by atoms with Crippen LogP contribution in [0.1, 0.15) is 20.8 Å². The fourth-order valence-corrected chi connectivity index (χ4v) is 2.00. The van der Waals surface area contributed by atoms with Crippen LogP contribution in [0.4, 0.5) is 4.79 Å². The van der Waals surface area contributed by atoms with Gasteiger partial charge < -0.3 is 9.47 Å². The highest BCUT2D eigenvalue weighted by molar-refractivity contribution is 6.30. The van der Waals surface area contributed by atoms with E-state index in [1.807, 2.05) is 20.8 Å². The molecule has 2 rings (SSSR count). The van der Waals surface area contributed by atoms with Gasteiger partial charge >= 0.3 is 6.09 Å². The van der Waals surface area contributed by atoms with Gasteiger partial charge in [-0.15, -0.1) is 0 Å². The van der Waals surface area contributed by atoms with Crippen LogP contribution in [0.2, 0.25) is 5.02 Å². The molecular weight excluding hydrogens is 266 g/mol. The molecule has 0 aromatic heterocycles. The predicted octanol–water partition coefficient (Wildman–Crippen LogP) is 3.34. The molecule has 19 heavy (non-hydrogen) atoms. The van der Waals surface area contributed by atoms with Crippen LogP contribution in [-0.2, 0) is 4.74 Å². The summed E-state index contributed by atoms with van der Waals surface area (Å²) in [6.45, 7) is 6.85. The van der Waals surface area contributed by atoms with Crippen LogP contribution >= 0.6 is 11.6 Å². The minimum absolute atomic E-state index is 0.230. The van der Waals surface area contributed by atoms with E-state index in [0.29, 0.717) is 18.2 Å². The third kappa shape index (κ3) is 3.53. The number of rotatable bonds is 3. The maximum atomic E-state index is 11.7. The second kappa shape index (κ2) is 5.29. The first-order valence-electron chi connectivity index (χ1n) is 6.23. The maximum absolute atomic E-state index is 11.7. The number of cyclic esters (lactones) is 1. The van der Waals surface area contributed by atoms with Gasteiger partial charge in [0.25, 0.3) is 0 Å². The summed E-state index contributed by atoms with van der Waals surface area (Å²) in [7, 11) is 0. The Bertz CT molecular complexity index is 453. The number of halogens is 1. The number of nitrogens with zero attached hydrogens (tertiary/aromatic N) is 1. The molecule has 1 aliphatic rings. The minimum Gasteiger partial charge on any atom is -0.490 e. The van der Waals surface area contributed by atoms with E-state index in [-0.39, 0.29) is 17.7 Å². The summed E-state index contributed by atoms with van der Waals surface area (Å²) in [6, 6.07) is 7.11. The molecule has 1 atom stereocenters. The van der Waals surface area contributed by atoms with Gasteiger partial charge in [-0.3, -0.25) is 4.90 Å². The number of ether oxygens (including phenoxy) is 2. The van der Waals surface area contributed by atoms with Crippen LogP contribution in [0.3, 0.4) is 0 Å². The molecule has 0 bridgehead atoms. The molecule has 1 aliphatic heterocycles. The first kappa shape index (κ1) is 14.0. The van der Waals surface area contributed by atoms with E-state index < -0.39 is 0 Å². The molecule has 1 aromatic rings. The lowest BCUT2D eigenvalue weighted by atomic mass is 10.1. The van der Waals surface area contributed by atoms with Crippen LogP contribution < -0.4 is 4.74 Å². The Kier molecular flexibility index (Phi) is 3.90. The molecule has 4 nitrogen and oxygen atoms in total. The molecular formula is C14H18ClNO3. The van der Waals surface area contributed by atoms with Crippen molar-refractivity contribution in [3.63, 3.8) is 0 Å². The fourth-order valence-electron chi connectivity index (χ4n) is 1.88. The molecule has 1 saturated heterocycles. The van der Waals surface area contributed by atoms with Crippen molar-refractivity contribution in [1.29, 1.82) is 0 Å². The third-order valence-electron chi connectivity index (χ3n) is 2.93. The molecule has 1 fully saturated rings. The summed E-state index contributed by atoms with van der Waals surface area (Å²) in [5.41, 5.74) is -0.230. The lowest BCUT2D eigenvalue weighted by molar-refractivity contribution is 0.0993. The summed E-state index contributed by atoms with van der Waals surface area (Å²) in [4.78, 5) is 13.4. The van der Waals surface area contributed by atoms with Gasteiger partial charge in [0.1, 0.15) is 12.4 Å². The summed E-state index contributed by atoms with van der Waals surface area (Å²) < 4.78 is 10.9. The average Bonchev–Trinajstić information content (AvgIpc) is 2.70. The molecule has 104 valence electrons. The Hall–Kier alpha value is -1.42. The molecule has 1 unspecified atom stereocenters. The van der Waals surface area contributed by atoms with Crippen molar-refractivity contribution in [2.45, 2.75) is 32.4 Å². The Morgan fingerprint density at radius 3 is 2.53 bits per heavy atom. The van der Waals surface area contributed by atoms with Crippen LogP contribution in [0.15, 0.2) is 24.3 Å². The molecule has 0 radical (unpaired) electrons. The van der Waals surface area contributed by atoms with Gasteiger partial charge in [0, 0.05) is 10.6 Å². The molecule has 0 aliphatic carbocycles. The topological polar surface area (TPSA) is 38.8 Å². The second-order valence-corrected chi connectivity index (χ2v) is 5.99. The Morgan fingerprint density at radius 2 is 2.00 bits per heavy atom. The summed E-state index contributed by atoms with van der Waals surface area (Å²) in [6.07, 6.45) is -0.514. The number of carbonyl (C=O) groups excluding carboxylic acids is 1. The second-order valence-electron chi connectivity index (χ2n) is 5.55. The Labute approximate surface area is 118 Å². The number of benzene rings is 1. The van der Waals surface area contributed by atoms with Gasteiger partial charge in [0.15, 0.2) is 6.10 Å². The quantitative estimate of drug-likeness (QED) is 0.854. The Morgan fingerprint density at radius 1 is 1.37 bits per heavy atom. The molecule has 1 aromatic carbocycles. The zero-order valence-corrected chi connectivity index (χ0v) is 12.1. The van der Waals surface area contributed by atoms with Gasteiger partial charge in [-0.1, -0.05) is 11.6 Å². The zero-order valence-electron chi connectivity index (χ0n) is 11.4. The lowest BCUT2D eigenvalue weighted by Gasteiger charge is -2.29. The van der Waals surface area contributed by atoms with Crippen molar-refractivity contribution in [1.82, 2.24) is 4.90 Å². The van der Waals surface area contributed by atoms with Gasteiger partial charge in [0.2, 0.25) is 0 Å². The van der Waals surface area contributed by atoms with Crippen LogP contribution in [-0.4, -0.2) is 35.8 Å². The van der Waals surface area contributed by atoms with E-state index in [0.717, 1.165) is 5.75 Å². The molecule has 1 amide bonds. The predicted molar refractivity (Wildman–Crippen MR) is 73.7 cm³/mol. The number of hydrogen-bond acceptors (Lipinski definition) is 3. The third-order valence-corrected chi connectivity index (χ3v) is 3.19. The number of carbonyl (C=O) groups is 1. The standard InChI is InChI=1S/C14H18ClNO3/c1-14(2,3)16-8-12(19-13(16)17)9-18-11-6-4-10(15)5-7-11/h4-7,12H,8-9H2,1-3H3. The average molecular weight is 284 g/mol. The summed E-state index contributed by atoms with van der Waals surface area (Å²) in [5.74, 6) is 0.717. The van der Waals surface area contributed by atoms with E-state index in [1.54, 1.807) is 29.2 Å². The first-order valence-corrected chi connectivity index (χ1v) is 6.61. The molecule has 1 heterocycles. The highest BCUT2D eigenvalue weighted by Gasteiger charge is 2.38. The fraction of sp³-hybridized carbons (Fsp3) is 0.500. The van der Waals surface area contributed by atoms with E-state index >= 15 is 0 Å². The first-order chi connectivity index (χ1) is 8.86. The largest absolute Gasteiger partial charge is 0.490 e. The van der Waals surface area contributed by atoms with Crippen LogP contribution in [0.5, 0.6) is 5.75 Å². The molecule has 5 heteroatoms. The maximum Gasteiger partial charge on any atom is 0.410 e. The van der Waals surface area contributed by atoms with Crippen LogP contribution in [0, 0.1) is 0 Å². The minimum atomic E-state index is -0.280. The normalized spacial score (nSPS) is 19.5. The van der Waals surface area contributed by atoms with Crippen molar-refractivity contribution in [2.24, 2.45) is 0 Å².